The molecular formula is C25H22FN3O2. The minimum atomic E-state index is -0.336. The topological polar surface area (TPSA) is 56.2 Å². The summed E-state index contributed by atoms with van der Waals surface area (Å²) in [5.74, 6) is 0.0458. The third-order valence-electron chi connectivity index (χ3n) is 5.02. The van der Waals surface area contributed by atoms with Crippen molar-refractivity contribution in [2.75, 3.05) is 12.4 Å². The highest BCUT2D eigenvalue weighted by Gasteiger charge is 2.20. The molecule has 0 radical (unpaired) electrons. The Morgan fingerprint density at radius 2 is 1.81 bits per heavy atom. The molecule has 1 N–H and O–H groups in total. The van der Waals surface area contributed by atoms with E-state index >= 15 is 0 Å². The summed E-state index contributed by atoms with van der Waals surface area (Å²) in [6.07, 6.45) is 1.65. The van der Waals surface area contributed by atoms with Crippen LogP contribution >= 0.6 is 0 Å². The quantitative estimate of drug-likeness (QED) is 0.465. The highest BCUT2D eigenvalue weighted by atomic mass is 19.1. The van der Waals surface area contributed by atoms with Crippen LogP contribution in [0.25, 0.3) is 16.9 Å². The first kappa shape index (κ1) is 20.3. The van der Waals surface area contributed by atoms with Crippen molar-refractivity contribution in [3.8, 4) is 22.7 Å². The molecule has 0 spiro atoms. The van der Waals surface area contributed by atoms with Gasteiger partial charge in [-0.1, -0.05) is 29.8 Å². The summed E-state index contributed by atoms with van der Waals surface area (Å²) in [5.41, 5.74) is 5.13. The van der Waals surface area contributed by atoms with E-state index in [0.29, 0.717) is 22.7 Å². The third kappa shape index (κ3) is 4.33. The molecule has 0 saturated heterocycles. The summed E-state index contributed by atoms with van der Waals surface area (Å²) in [4.78, 5) is 13.2. The van der Waals surface area contributed by atoms with Crippen molar-refractivity contribution >= 4 is 11.6 Å². The lowest BCUT2D eigenvalue weighted by molar-refractivity contribution is 0.102. The minimum Gasteiger partial charge on any atom is -0.497 e. The van der Waals surface area contributed by atoms with Crippen LogP contribution in [0.3, 0.4) is 0 Å². The predicted molar refractivity (Wildman–Crippen MR) is 119 cm³/mol. The Hall–Kier alpha value is -3.93. The van der Waals surface area contributed by atoms with E-state index < -0.39 is 0 Å². The van der Waals surface area contributed by atoms with Gasteiger partial charge in [-0.2, -0.15) is 5.10 Å². The van der Waals surface area contributed by atoms with Crippen molar-refractivity contribution in [1.29, 1.82) is 0 Å². The molecule has 0 unspecified atom stereocenters. The van der Waals surface area contributed by atoms with E-state index in [1.165, 1.54) is 12.1 Å². The van der Waals surface area contributed by atoms with Gasteiger partial charge < -0.3 is 10.1 Å². The summed E-state index contributed by atoms with van der Waals surface area (Å²) >= 11 is 0. The summed E-state index contributed by atoms with van der Waals surface area (Å²) in [7, 11) is 1.59. The van der Waals surface area contributed by atoms with Gasteiger partial charge in [0.2, 0.25) is 0 Å². The lowest BCUT2D eigenvalue weighted by Crippen LogP contribution is -2.13. The Bertz CT molecular complexity index is 1250. The molecule has 0 atom stereocenters. The molecule has 0 aliphatic rings. The third-order valence-corrected chi connectivity index (χ3v) is 5.02. The fourth-order valence-corrected chi connectivity index (χ4v) is 3.39. The van der Waals surface area contributed by atoms with E-state index in [9.17, 15) is 9.18 Å². The normalized spacial score (nSPS) is 10.7. The van der Waals surface area contributed by atoms with Gasteiger partial charge in [-0.15, -0.1) is 0 Å². The van der Waals surface area contributed by atoms with Crippen LogP contribution in [0.4, 0.5) is 10.1 Å². The summed E-state index contributed by atoms with van der Waals surface area (Å²) in [6, 6.07) is 19.2. The van der Waals surface area contributed by atoms with Gasteiger partial charge in [0.15, 0.2) is 0 Å². The fraction of sp³-hybridized carbons (Fsp3) is 0.120. The lowest BCUT2D eigenvalue weighted by atomic mass is 10.1. The van der Waals surface area contributed by atoms with Crippen LogP contribution in [0.15, 0.2) is 72.9 Å². The van der Waals surface area contributed by atoms with Gasteiger partial charge in [0, 0.05) is 17.4 Å². The van der Waals surface area contributed by atoms with Crippen LogP contribution in [0.2, 0.25) is 0 Å². The zero-order chi connectivity index (χ0) is 22.0. The average molecular weight is 415 g/mol. The molecule has 156 valence electrons. The van der Waals surface area contributed by atoms with E-state index in [1.807, 2.05) is 56.3 Å². The Balaban J connectivity index is 1.78. The zero-order valence-corrected chi connectivity index (χ0v) is 17.5. The number of anilines is 1. The molecule has 6 heteroatoms. The van der Waals surface area contributed by atoms with Crippen LogP contribution in [-0.4, -0.2) is 22.8 Å². The van der Waals surface area contributed by atoms with Crippen LogP contribution in [-0.2, 0) is 0 Å². The van der Waals surface area contributed by atoms with Crippen LogP contribution in [0.5, 0.6) is 5.75 Å². The first-order valence-electron chi connectivity index (χ1n) is 9.83. The average Bonchev–Trinajstić information content (AvgIpc) is 3.22. The number of halogens is 1. The van der Waals surface area contributed by atoms with E-state index in [0.717, 1.165) is 22.4 Å². The van der Waals surface area contributed by atoms with E-state index in [2.05, 4.69) is 10.4 Å². The number of benzene rings is 3. The van der Waals surface area contributed by atoms with E-state index in [4.69, 9.17) is 4.74 Å². The number of aryl methyl sites for hydroxylation is 2. The van der Waals surface area contributed by atoms with Gasteiger partial charge in [0.1, 0.15) is 17.3 Å². The molecule has 0 saturated carbocycles. The highest BCUT2D eigenvalue weighted by Crippen LogP contribution is 2.28. The maximum absolute atomic E-state index is 13.4. The maximum atomic E-state index is 13.4. The smallest absolute Gasteiger partial charge is 0.259 e. The Labute approximate surface area is 180 Å². The van der Waals surface area contributed by atoms with Gasteiger partial charge in [0.05, 0.1) is 18.4 Å². The standard InChI is InChI=1S/C25H22FN3O2/c1-16-7-12-23(17(2)13-16)27-25(30)22-15-29(20-10-8-19(26)9-11-20)28-24(22)18-5-4-6-21(14-18)31-3/h4-15H,1-3H3,(H,27,30). The molecule has 1 heterocycles. The minimum absolute atomic E-state index is 0.280. The number of nitrogens with zero attached hydrogens (tertiary/aromatic N) is 2. The lowest BCUT2D eigenvalue weighted by Gasteiger charge is -2.09. The highest BCUT2D eigenvalue weighted by molar-refractivity contribution is 6.08. The summed E-state index contributed by atoms with van der Waals surface area (Å²) in [5, 5.41) is 7.62. The van der Waals surface area contributed by atoms with Crippen molar-refractivity contribution in [2.45, 2.75) is 13.8 Å². The Morgan fingerprint density at radius 3 is 2.52 bits per heavy atom. The largest absolute Gasteiger partial charge is 0.497 e. The van der Waals surface area contributed by atoms with Crippen molar-refractivity contribution in [3.05, 3.63) is 95.4 Å². The molecule has 1 amide bonds. The van der Waals surface area contributed by atoms with Crippen LogP contribution < -0.4 is 10.1 Å². The monoisotopic (exact) mass is 415 g/mol. The molecule has 0 fully saturated rings. The number of aromatic nitrogens is 2. The number of nitrogens with one attached hydrogen (secondary N) is 1. The second-order valence-corrected chi connectivity index (χ2v) is 7.32. The number of amides is 1. The number of rotatable bonds is 5. The zero-order valence-electron chi connectivity index (χ0n) is 17.5. The molecule has 3 aromatic carbocycles. The van der Waals surface area contributed by atoms with Crippen LogP contribution in [0.1, 0.15) is 21.5 Å². The summed E-state index contributed by atoms with van der Waals surface area (Å²) < 4.78 is 20.3. The molecule has 1 aromatic heterocycles. The molecule has 31 heavy (non-hydrogen) atoms. The molecule has 0 bridgehead atoms. The molecule has 5 nitrogen and oxygen atoms in total. The van der Waals surface area contributed by atoms with Crippen molar-refractivity contribution in [1.82, 2.24) is 9.78 Å². The fourth-order valence-electron chi connectivity index (χ4n) is 3.39. The molecule has 4 rings (SSSR count). The van der Waals surface area contributed by atoms with Gasteiger partial charge in [0.25, 0.3) is 5.91 Å². The maximum Gasteiger partial charge on any atom is 0.259 e. The second-order valence-electron chi connectivity index (χ2n) is 7.32. The van der Waals surface area contributed by atoms with Crippen LogP contribution in [0, 0.1) is 19.7 Å². The number of hydrogen-bond acceptors (Lipinski definition) is 3. The van der Waals surface area contributed by atoms with Crippen molar-refractivity contribution < 1.29 is 13.9 Å². The summed E-state index contributed by atoms with van der Waals surface area (Å²) in [6.45, 7) is 3.96. The van der Waals surface area contributed by atoms with Gasteiger partial charge in [-0.05, 0) is 61.9 Å². The first-order valence-corrected chi connectivity index (χ1v) is 9.83. The Morgan fingerprint density at radius 1 is 1.03 bits per heavy atom. The second kappa shape index (κ2) is 8.44. The van der Waals surface area contributed by atoms with Gasteiger partial charge >= 0.3 is 0 Å². The van der Waals surface area contributed by atoms with Crippen molar-refractivity contribution in [2.24, 2.45) is 0 Å². The van der Waals surface area contributed by atoms with Gasteiger partial charge in [-0.3, -0.25) is 4.79 Å². The van der Waals surface area contributed by atoms with E-state index in [-0.39, 0.29) is 11.7 Å². The molecule has 0 aliphatic carbocycles. The van der Waals surface area contributed by atoms with Crippen molar-refractivity contribution in [3.63, 3.8) is 0 Å². The number of carbonyl (C=O) groups is 1. The van der Waals surface area contributed by atoms with Gasteiger partial charge in [-0.25, -0.2) is 9.07 Å². The molecule has 4 aromatic rings. The molecule has 0 aliphatic heterocycles. The number of hydrogen-bond donors (Lipinski definition) is 1. The number of carbonyl (C=O) groups excluding carboxylic acids is 1. The van der Waals surface area contributed by atoms with E-state index in [1.54, 1.807) is 30.1 Å². The number of methoxy groups -OCH3 is 1. The number of ether oxygens (including phenoxy) is 1. The first-order chi connectivity index (χ1) is 14.9. The SMILES string of the molecule is COc1cccc(-c2nn(-c3ccc(F)cc3)cc2C(=O)Nc2ccc(C)cc2C)c1. The Kier molecular flexibility index (Phi) is 5.54. The molecular weight excluding hydrogens is 393 g/mol. The predicted octanol–water partition coefficient (Wildman–Crippen LogP) is 5.56.